The number of hydrogen-bond acceptors (Lipinski definition) is 5. The maximum atomic E-state index is 12.5. The van der Waals surface area contributed by atoms with Gasteiger partial charge in [0.05, 0.1) is 19.8 Å². The first-order valence-corrected chi connectivity index (χ1v) is 10.5. The molecule has 6 heteroatoms. The molecule has 0 saturated carbocycles. The number of thiophene rings is 1. The number of piperazine rings is 1. The van der Waals surface area contributed by atoms with E-state index in [-0.39, 0.29) is 5.91 Å². The van der Waals surface area contributed by atoms with Gasteiger partial charge in [-0.1, -0.05) is 30.3 Å². The normalized spacial score (nSPS) is 19.3. The van der Waals surface area contributed by atoms with Gasteiger partial charge in [-0.25, -0.2) is 0 Å². The van der Waals surface area contributed by atoms with Crippen LogP contribution in [0.2, 0.25) is 0 Å². The number of amides is 1. The van der Waals surface area contributed by atoms with E-state index in [2.05, 4.69) is 52.3 Å². The van der Waals surface area contributed by atoms with Crippen LogP contribution in [0.4, 0.5) is 0 Å². The summed E-state index contributed by atoms with van der Waals surface area (Å²) in [6.07, 6.45) is 0. The summed E-state index contributed by atoms with van der Waals surface area (Å²) in [7, 11) is 0. The fourth-order valence-corrected chi connectivity index (χ4v) is 4.70. The van der Waals surface area contributed by atoms with E-state index >= 15 is 0 Å². The summed E-state index contributed by atoms with van der Waals surface area (Å²) in [5, 5.41) is 0. The lowest BCUT2D eigenvalue weighted by Crippen LogP contribution is -2.51. The highest BCUT2D eigenvalue weighted by molar-refractivity contribution is 7.15. The van der Waals surface area contributed by atoms with Gasteiger partial charge in [-0.2, -0.15) is 0 Å². The van der Waals surface area contributed by atoms with Gasteiger partial charge in [-0.15, -0.1) is 11.3 Å². The summed E-state index contributed by atoms with van der Waals surface area (Å²) in [6, 6.07) is 15.0. The van der Waals surface area contributed by atoms with Crippen LogP contribution >= 0.6 is 11.3 Å². The molecule has 0 N–H and O–H groups in total. The lowest BCUT2D eigenvalue weighted by Gasteiger charge is -2.36. The highest BCUT2D eigenvalue weighted by Gasteiger charge is 2.23. The van der Waals surface area contributed by atoms with Crippen LogP contribution in [-0.2, 0) is 16.1 Å². The predicted molar refractivity (Wildman–Crippen MR) is 109 cm³/mol. The largest absolute Gasteiger partial charge is 0.379 e. The lowest BCUT2D eigenvalue weighted by molar-refractivity contribution is -0.135. The number of rotatable bonds is 5. The summed E-state index contributed by atoms with van der Waals surface area (Å²) in [5.74, 6) is 0.263. The van der Waals surface area contributed by atoms with Gasteiger partial charge in [0.2, 0.25) is 5.91 Å². The zero-order chi connectivity index (χ0) is 18.5. The number of carbonyl (C=O) groups is 1. The van der Waals surface area contributed by atoms with E-state index in [1.54, 1.807) is 0 Å². The van der Waals surface area contributed by atoms with Crippen LogP contribution in [0.1, 0.15) is 4.88 Å². The highest BCUT2D eigenvalue weighted by Crippen LogP contribution is 2.28. The molecule has 2 aromatic rings. The quantitative estimate of drug-likeness (QED) is 0.792. The molecule has 2 aliphatic heterocycles. The number of carbonyl (C=O) groups excluding carboxylic acids is 1. The van der Waals surface area contributed by atoms with Crippen molar-refractivity contribution in [1.29, 1.82) is 0 Å². The van der Waals surface area contributed by atoms with E-state index in [1.165, 1.54) is 15.3 Å². The number of morpholine rings is 1. The van der Waals surface area contributed by atoms with Gasteiger partial charge in [-0.3, -0.25) is 14.6 Å². The highest BCUT2D eigenvalue weighted by atomic mass is 32.1. The first-order chi connectivity index (χ1) is 13.3. The minimum Gasteiger partial charge on any atom is -0.379 e. The Morgan fingerprint density at radius 1 is 0.889 bits per heavy atom. The van der Waals surface area contributed by atoms with Crippen LogP contribution in [0.15, 0.2) is 42.5 Å². The van der Waals surface area contributed by atoms with Crippen molar-refractivity contribution >= 4 is 17.2 Å². The zero-order valence-electron chi connectivity index (χ0n) is 15.7. The Hall–Kier alpha value is -1.73. The van der Waals surface area contributed by atoms with Gasteiger partial charge in [0, 0.05) is 55.6 Å². The molecule has 144 valence electrons. The van der Waals surface area contributed by atoms with E-state index in [1.807, 2.05) is 16.2 Å². The third kappa shape index (κ3) is 4.96. The summed E-state index contributed by atoms with van der Waals surface area (Å²) in [6.45, 7) is 8.31. The molecule has 3 heterocycles. The first-order valence-electron chi connectivity index (χ1n) is 9.72. The van der Waals surface area contributed by atoms with Crippen molar-refractivity contribution in [2.75, 3.05) is 59.0 Å². The lowest BCUT2D eigenvalue weighted by atomic mass is 10.2. The Labute approximate surface area is 165 Å². The fraction of sp³-hybridized carbons (Fsp3) is 0.476. The van der Waals surface area contributed by atoms with Crippen LogP contribution in [0.5, 0.6) is 0 Å². The van der Waals surface area contributed by atoms with Crippen molar-refractivity contribution in [2.45, 2.75) is 6.54 Å². The van der Waals surface area contributed by atoms with Gasteiger partial charge in [-0.05, 0) is 17.7 Å². The maximum Gasteiger partial charge on any atom is 0.236 e. The molecule has 1 aromatic heterocycles. The predicted octanol–water partition coefficient (Wildman–Crippen LogP) is 2.39. The van der Waals surface area contributed by atoms with Gasteiger partial charge in [0.1, 0.15) is 0 Å². The topological polar surface area (TPSA) is 36.0 Å². The van der Waals surface area contributed by atoms with Gasteiger partial charge >= 0.3 is 0 Å². The molecular formula is C21H27N3O2S. The Morgan fingerprint density at radius 3 is 2.37 bits per heavy atom. The molecule has 0 spiro atoms. The molecule has 2 aliphatic rings. The molecule has 1 amide bonds. The molecule has 0 unspecified atom stereocenters. The second-order valence-electron chi connectivity index (χ2n) is 7.18. The maximum absolute atomic E-state index is 12.5. The number of ether oxygens (including phenoxy) is 1. The second kappa shape index (κ2) is 8.97. The molecule has 2 saturated heterocycles. The fourth-order valence-electron chi connectivity index (χ4n) is 3.65. The molecule has 4 rings (SSSR count). The van der Waals surface area contributed by atoms with E-state index in [4.69, 9.17) is 4.74 Å². The van der Waals surface area contributed by atoms with Gasteiger partial charge < -0.3 is 9.64 Å². The van der Waals surface area contributed by atoms with Crippen molar-refractivity contribution < 1.29 is 9.53 Å². The SMILES string of the molecule is O=C(CN1CCOCC1)N1CCN(Cc2ccc(-c3ccccc3)s2)CC1. The molecule has 5 nitrogen and oxygen atoms in total. The molecule has 27 heavy (non-hydrogen) atoms. The van der Waals surface area contributed by atoms with Crippen molar-refractivity contribution in [1.82, 2.24) is 14.7 Å². The smallest absolute Gasteiger partial charge is 0.236 e. The summed E-state index contributed by atoms with van der Waals surface area (Å²) in [4.78, 5) is 21.9. The molecule has 0 atom stereocenters. The Kier molecular flexibility index (Phi) is 6.19. The molecule has 0 radical (unpaired) electrons. The minimum atomic E-state index is 0.263. The van der Waals surface area contributed by atoms with Crippen molar-refractivity contribution in [3.05, 3.63) is 47.3 Å². The molecule has 0 aliphatic carbocycles. The molecule has 1 aromatic carbocycles. The Bertz CT molecular complexity index is 735. The molecular weight excluding hydrogens is 358 g/mol. The molecule has 0 bridgehead atoms. The summed E-state index contributed by atoms with van der Waals surface area (Å²) >= 11 is 1.87. The van der Waals surface area contributed by atoms with E-state index in [0.29, 0.717) is 6.54 Å². The van der Waals surface area contributed by atoms with E-state index < -0.39 is 0 Å². The third-order valence-corrected chi connectivity index (χ3v) is 6.41. The summed E-state index contributed by atoms with van der Waals surface area (Å²) in [5.41, 5.74) is 1.28. The average Bonchev–Trinajstić information content (AvgIpc) is 3.18. The van der Waals surface area contributed by atoms with E-state index in [0.717, 1.165) is 59.0 Å². The standard InChI is InChI=1S/C21H27N3O2S/c25-21(17-23-12-14-26-15-13-23)24-10-8-22(9-11-24)16-19-6-7-20(27-19)18-4-2-1-3-5-18/h1-7H,8-17H2. The van der Waals surface area contributed by atoms with Gasteiger partial charge in [0.25, 0.3) is 0 Å². The van der Waals surface area contributed by atoms with Crippen LogP contribution < -0.4 is 0 Å². The second-order valence-corrected chi connectivity index (χ2v) is 8.35. The van der Waals surface area contributed by atoms with Crippen LogP contribution in [0.3, 0.4) is 0 Å². The van der Waals surface area contributed by atoms with Crippen LogP contribution in [0, 0.1) is 0 Å². The summed E-state index contributed by atoms with van der Waals surface area (Å²) < 4.78 is 5.36. The number of hydrogen-bond donors (Lipinski definition) is 0. The molecule has 2 fully saturated rings. The van der Waals surface area contributed by atoms with Crippen molar-refractivity contribution in [2.24, 2.45) is 0 Å². The minimum absolute atomic E-state index is 0.263. The van der Waals surface area contributed by atoms with Crippen molar-refractivity contribution in [3.63, 3.8) is 0 Å². The Balaban J connectivity index is 1.25. The van der Waals surface area contributed by atoms with Gasteiger partial charge in [0.15, 0.2) is 0 Å². The first kappa shape index (κ1) is 18.6. The number of benzene rings is 1. The zero-order valence-corrected chi connectivity index (χ0v) is 16.5. The monoisotopic (exact) mass is 385 g/mol. The van der Waals surface area contributed by atoms with Crippen LogP contribution in [-0.4, -0.2) is 79.6 Å². The van der Waals surface area contributed by atoms with E-state index in [9.17, 15) is 4.79 Å². The average molecular weight is 386 g/mol. The van der Waals surface area contributed by atoms with Crippen molar-refractivity contribution in [3.8, 4) is 10.4 Å². The Morgan fingerprint density at radius 2 is 1.63 bits per heavy atom. The number of nitrogens with zero attached hydrogens (tertiary/aromatic N) is 3. The van der Waals surface area contributed by atoms with Crippen LogP contribution in [0.25, 0.3) is 10.4 Å². The third-order valence-electron chi connectivity index (χ3n) is 5.29.